The summed E-state index contributed by atoms with van der Waals surface area (Å²) in [5, 5.41) is 7.18. The normalized spacial score (nSPS) is 20.8. The first-order chi connectivity index (χ1) is 13.5. The molecule has 4 rings (SSSR count). The van der Waals surface area contributed by atoms with Crippen LogP contribution in [0.25, 0.3) is 0 Å². The van der Waals surface area contributed by atoms with E-state index in [1.165, 1.54) is 0 Å². The minimum Gasteiger partial charge on any atom is -0.322 e. The second kappa shape index (κ2) is 7.58. The van der Waals surface area contributed by atoms with Crippen molar-refractivity contribution in [1.82, 2.24) is 14.7 Å². The van der Waals surface area contributed by atoms with E-state index in [0.717, 1.165) is 24.8 Å². The van der Waals surface area contributed by atoms with Crippen LogP contribution < -0.4 is 5.32 Å². The molecule has 8 heteroatoms. The molecule has 1 spiro atoms. The van der Waals surface area contributed by atoms with Crippen molar-refractivity contribution in [3.63, 3.8) is 0 Å². The zero-order valence-corrected chi connectivity index (χ0v) is 16.7. The molecule has 1 saturated carbocycles. The van der Waals surface area contributed by atoms with Gasteiger partial charge in [0.2, 0.25) is 0 Å². The molecule has 1 N–H and O–H groups in total. The van der Waals surface area contributed by atoms with Gasteiger partial charge in [0.05, 0.1) is 28.9 Å². The number of carbonyl (C=O) groups is 1. The van der Waals surface area contributed by atoms with Gasteiger partial charge in [0.15, 0.2) is 9.84 Å². The number of nitrogens with one attached hydrogen (secondary N) is 1. The summed E-state index contributed by atoms with van der Waals surface area (Å²) in [7, 11) is -3.15. The molecule has 28 heavy (non-hydrogen) atoms. The van der Waals surface area contributed by atoms with Crippen LogP contribution in [0.3, 0.4) is 0 Å². The lowest BCUT2D eigenvalue weighted by Gasteiger charge is -2.44. The number of anilines is 1. The number of hydrogen-bond acceptors (Lipinski definition) is 4. The van der Waals surface area contributed by atoms with Gasteiger partial charge in [-0.2, -0.15) is 5.10 Å². The Morgan fingerprint density at radius 3 is 2.64 bits per heavy atom. The van der Waals surface area contributed by atoms with Crippen LogP contribution in [0.4, 0.5) is 10.5 Å². The van der Waals surface area contributed by atoms with Gasteiger partial charge in [0.1, 0.15) is 0 Å². The molecule has 0 radical (unpaired) electrons. The predicted octanol–water partition coefficient (Wildman–Crippen LogP) is 2.90. The Morgan fingerprint density at radius 2 is 1.89 bits per heavy atom. The topological polar surface area (TPSA) is 84.3 Å². The van der Waals surface area contributed by atoms with Crippen LogP contribution in [0.15, 0.2) is 42.7 Å². The van der Waals surface area contributed by atoms with Crippen LogP contribution in [-0.2, 0) is 16.4 Å². The van der Waals surface area contributed by atoms with Crippen molar-refractivity contribution in [3.05, 3.63) is 48.3 Å². The summed E-state index contributed by atoms with van der Waals surface area (Å²) in [4.78, 5) is 14.4. The van der Waals surface area contributed by atoms with Crippen LogP contribution in [-0.4, -0.2) is 52.7 Å². The van der Waals surface area contributed by atoms with Crippen molar-refractivity contribution in [1.29, 1.82) is 0 Å². The van der Waals surface area contributed by atoms with Gasteiger partial charge < -0.3 is 10.2 Å². The van der Waals surface area contributed by atoms with Gasteiger partial charge >= 0.3 is 6.03 Å². The third-order valence-electron chi connectivity index (χ3n) is 5.89. The summed E-state index contributed by atoms with van der Waals surface area (Å²) in [6, 6.07) is 9.73. The van der Waals surface area contributed by atoms with E-state index in [1.807, 2.05) is 30.3 Å². The van der Waals surface area contributed by atoms with Crippen molar-refractivity contribution >= 4 is 21.6 Å². The third kappa shape index (κ3) is 3.78. The van der Waals surface area contributed by atoms with Gasteiger partial charge in [0.25, 0.3) is 0 Å². The number of sulfone groups is 1. The number of amides is 2. The summed E-state index contributed by atoms with van der Waals surface area (Å²) in [6.45, 7) is 1.16. The summed E-state index contributed by atoms with van der Waals surface area (Å²) in [5.74, 6) is 0.0493. The van der Waals surface area contributed by atoms with Crippen molar-refractivity contribution in [2.45, 2.75) is 43.4 Å². The zero-order chi connectivity index (χ0) is 19.6. The predicted molar refractivity (Wildman–Crippen MR) is 108 cm³/mol. The van der Waals surface area contributed by atoms with Gasteiger partial charge in [0, 0.05) is 19.3 Å². The SMILES string of the molecule is O=C(Nc1cnn(Cc2ccccc2)c1)N1CCS(=O)(=O)C2(CCCCC2)C1. The summed E-state index contributed by atoms with van der Waals surface area (Å²) >= 11 is 0. The van der Waals surface area contributed by atoms with E-state index in [0.29, 0.717) is 31.6 Å². The Balaban J connectivity index is 1.41. The fourth-order valence-electron chi connectivity index (χ4n) is 4.30. The van der Waals surface area contributed by atoms with Crippen LogP contribution in [0.1, 0.15) is 37.7 Å². The van der Waals surface area contributed by atoms with Crippen LogP contribution in [0.2, 0.25) is 0 Å². The van der Waals surface area contributed by atoms with Gasteiger partial charge in [-0.05, 0) is 18.4 Å². The molecule has 0 bridgehead atoms. The number of carbonyl (C=O) groups excluding carboxylic acids is 1. The number of aromatic nitrogens is 2. The van der Waals surface area contributed by atoms with Crippen LogP contribution >= 0.6 is 0 Å². The molecule has 2 heterocycles. The second-order valence-corrected chi connectivity index (χ2v) is 10.3. The lowest BCUT2D eigenvalue weighted by Crippen LogP contribution is -2.59. The molecule has 1 aromatic heterocycles. The minimum atomic E-state index is -3.15. The maximum absolute atomic E-state index is 12.8. The Kier molecular flexibility index (Phi) is 5.14. The molecule has 150 valence electrons. The standard InChI is InChI=1S/C20H26N4O3S/c25-19(22-18-13-21-24(15-18)14-17-7-3-1-4-8-17)23-11-12-28(26,27)20(16-23)9-5-2-6-10-20/h1,3-4,7-8,13,15H,2,5-6,9-12,14,16H2,(H,22,25). The monoisotopic (exact) mass is 402 g/mol. The first-order valence-corrected chi connectivity index (χ1v) is 11.5. The fraction of sp³-hybridized carbons (Fsp3) is 0.500. The van der Waals surface area contributed by atoms with E-state index in [9.17, 15) is 13.2 Å². The summed E-state index contributed by atoms with van der Waals surface area (Å²) < 4.78 is 26.4. The highest BCUT2D eigenvalue weighted by Crippen LogP contribution is 2.38. The highest BCUT2D eigenvalue weighted by molar-refractivity contribution is 7.92. The lowest BCUT2D eigenvalue weighted by atomic mass is 9.87. The molecule has 0 unspecified atom stereocenters. The van der Waals surface area contributed by atoms with Gasteiger partial charge in [-0.1, -0.05) is 49.6 Å². The van der Waals surface area contributed by atoms with Gasteiger partial charge in [-0.15, -0.1) is 0 Å². The smallest absolute Gasteiger partial charge is 0.322 e. The van der Waals surface area contributed by atoms with Crippen molar-refractivity contribution in [2.24, 2.45) is 0 Å². The summed E-state index contributed by atoms with van der Waals surface area (Å²) in [5.41, 5.74) is 1.75. The zero-order valence-electron chi connectivity index (χ0n) is 15.9. The van der Waals surface area contributed by atoms with Crippen molar-refractivity contribution < 1.29 is 13.2 Å². The molecule has 1 aliphatic heterocycles. The Hall–Kier alpha value is -2.35. The summed E-state index contributed by atoms with van der Waals surface area (Å²) in [6.07, 6.45) is 7.65. The van der Waals surface area contributed by atoms with Crippen molar-refractivity contribution in [3.8, 4) is 0 Å². The van der Waals surface area contributed by atoms with Gasteiger partial charge in [-0.25, -0.2) is 13.2 Å². The highest BCUT2D eigenvalue weighted by Gasteiger charge is 2.49. The number of urea groups is 1. The highest BCUT2D eigenvalue weighted by atomic mass is 32.2. The molecule has 2 aliphatic rings. The Labute approximate surface area is 165 Å². The molecular formula is C20H26N4O3S. The van der Waals surface area contributed by atoms with Crippen molar-refractivity contribution in [2.75, 3.05) is 24.2 Å². The molecule has 1 saturated heterocycles. The molecule has 2 amide bonds. The maximum Gasteiger partial charge on any atom is 0.322 e. The van der Waals surface area contributed by atoms with Gasteiger partial charge in [-0.3, -0.25) is 4.68 Å². The lowest BCUT2D eigenvalue weighted by molar-refractivity contribution is 0.193. The Morgan fingerprint density at radius 1 is 1.14 bits per heavy atom. The average Bonchev–Trinajstić information content (AvgIpc) is 3.12. The quantitative estimate of drug-likeness (QED) is 0.856. The largest absolute Gasteiger partial charge is 0.322 e. The minimum absolute atomic E-state index is 0.0493. The number of hydrogen-bond donors (Lipinski definition) is 1. The van der Waals surface area contributed by atoms with E-state index in [4.69, 9.17) is 0 Å². The Bertz CT molecular complexity index is 933. The molecule has 1 aliphatic carbocycles. The van der Waals surface area contributed by atoms with Crippen LogP contribution in [0, 0.1) is 0 Å². The molecule has 0 atom stereocenters. The molecule has 2 fully saturated rings. The van der Waals surface area contributed by atoms with E-state index in [-0.39, 0.29) is 18.3 Å². The first-order valence-electron chi connectivity index (χ1n) is 9.82. The number of benzene rings is 1. The average molecular weight is 403 g/mol. The van der Waals surface area contributed by atoms with Crippen LogP contribution in [0.5, 0.6) is 0 Å². The maximum atomic E-state index is 12.8. The molecule has 2 aromatic rings. The van der Waals surface area contributed by atoms with E-state index in [1.54, 1.807) is 22.0 Å². The van der Waals surface area contributed by atoms with E-state index < -0.39 is 14.6 Å². The fourth-order valence-corrected chi connectivity index (χ4v) is 6.46. The number of rotatable bonds is 3. The molecule has 7 nitrogen and oxygen atoms in total. The number of nitrogens with zero attached hydrogens (tertiary/aromatic N) is 3. The molecular weight excluding hydrogens is 376 g/mol. The second-order valence-electron chi connectivity index (χ2n) is 7.83. The molecule has 1 aromatic carbocycles. The first kappa shape index (κ1) is 19.0. The third-order valence-corrected chi connectivity index (χ3v) is 8.47. The van der Waals surface area contributed by atoms with E-state index in [2.05, 4.69) is 10.4 Å². The van der Waals surface area contributed by atoms with E-state index >= 15 is 0 Å².